The van der Waals surface area contributed by atoms with E-state index in [0.29, 0.717) is 16.3 Å². The molecule has 0 saturated carbocycles. The summed E-state index contributed by atoms with van der Waals surface area (Å²) in [5, 5.41) is 11.8. The minimum Gasteiger partial charge on any atom is -0.384 e. The van der Waals surface area contributed by atoms with Crippen LogP contribution < -0.4 is 5.73 Å². The molecule has 2 aromatic rings. The molecule has 3 N–H and O–H groups in total. The Morgan fingerprint density at radius 3 is 2.70 bits per heavy atom. The zero-order valence-corrected chi connectivity index (χ0v) is 11.9. The van der Waals surface area contributed by atoms with Crippen molar-refractivity contribution in [2.24, 2.45) is 10.7 Å². The molecule has 1 aliphatic heterocycles. The smallest absolute Gasteiger partial charge is 0.174 e. The maximum atomic E-state index is 11.2. The number of aliphatic imine (C=N–C) groups is 1. The van der Waals surface area contributed by atoms with Gasteiger partial charge in [0.1, 0.15) is 5.84 Å². The van der Waals surface area contributed by atoms with Crippen LogP contribution in [0.1, 0.15) is 23.6 Å². The number of nitrogens with zero attached hydrogens (tertiary/aromatic N) is 1. The number of hydrogen-bond donors (Lipinski definition) is 2. The average molecular weight is 287 g/mol. The number of rotatable bonds is 2. The highest BCUT2D eigenvalue weighted by molar-refractivity contribution is 6.30. The summed E-state index contributed by atoms with van der Waals surface area (Å²) in [5.74, 6) is 0.190. The van der Waals surface area contributed by atoms with Crippen LogP contribution in [-0.2, 0) is 12.0 Å². The number of nitrogens with two attached hydrogens (primary N) is 1. The summed E-state index contributed by atoms with van der Waals surface area (Å²) in [6, 6.07) is 13.0. The highest BCUT2D eigenvalue weighted by atomic mass is 35.5. The van der Waals surface area contributed by atoms with E-state index in [1.807, 2.05) is 31.2 Å². The van der Waals surface area contributed by atoms with Gasteiger partial charge in [-0.2, -0.15) is 0 Å². The van der Waals surface area contributed by atoms with E-state index in [9.17, 15) is 5.11 Å². The zero-order chi connectivity index (χ0) is 14.3. The van der Waals surface area contributed by atoms with E-state index in [2.05, 4.69) is 4.99 Å². The molecule has 2 aromatic carbocycles. The van der Waals surface area contributed by atoms with Crippen LogP contribution in [0.3, 0.4) is 0 Å². The molecule has 1 heterocycles. The Morgan fingerprint density at radius 2 is 1.95 bits per heavy atom. The second kappa shape index (κ2) is 4.62. The fourth-order valence-electron chi connectivity index (χ4n) is 2.71. The molecular formula is C16H15ClN2O. The lowest BCUT2D eigenvalue weighted by molar-refractivity contribution is 0.157. The molecule has 102 valence electrons. The van der Waals surface area contributed by atoms with E-state index < -0.39 is 5.60 Å². The van der Waals surface area contributed by atoms with Gasteiger partial charge < -0.3 is 10.8 Å². The first kappa shape index (κ1) is 13.2. The maximum Gasteiger partial charge on any atom is 0.174 e. The van der Waals surface area contributed by atoms with Gasteiger partial charge in [-0.05, 0) is 35.7 Å². The Balaban J connectivity index is 2.28. The molecule has 1 aliphatic rings. The normalized spacial score (nSPS) is 20.6. The number of aryl methyl sites for hydroxylation is 1. The van der Waals surface area contributed by atoms with Crippen LogP contribution in [0, 0.1) is 0 Å². The first-order chi connectivity index (χ1) is 9.57. The lowest BCUT2D eigenvalue weighted by atomic mass is 9.83. The number of benzene rings is 2. The average Bonchev–Trinajstić information content (AvgIpc) is 2.72. The molecule has 0 amide bonds. The molecule has 3 nitrogen and oxygen atoms in total. The van der Waals surface area contributed by atoms with Crippen LogP contribution >= 0.6 is 11.6 Å². The van der Waals surface area contributed by atoms with E-state index in [1.54, 1.807) is 18.2 Å². The third kappa shape index (κ3) is 1.74. The molecule has 1 unspecified atom stereocenters. The first-order valence-electron chi connectivity index (χ1n) is 6.52. The lowest BCUT2D eigenvalue weighted by Crippen LogP contribution is -2.40. The van der Waals surface area contributed by atoms with Gasteiger partial charge in [0.15, 0.2) is 5.60 Å². The van der Waals surface area contributed by atoms with Crippen molar-refractivity contribution in [3.63, 3.8) is 0 Å². The van der Waals surface area contributed by atoms with Crippen molar-refractivity contribution < 1.29 is 5.11 Å². The summed E-state index contributed by atoms with van der Waals surface area (Å²) >= 11 is 6.06. The van der Waals surface area contributed by atoms with Crippen molar-refractivity contribution in [1.82, 2.24) is 0 Å². The molecule has 1 atom stereocenters. The molecule has 0 aliphatic carbocycles. The number of halogens is 1. The molecule has 0 spiro atoms. The second-order valence-electron chi connectivity index (χ2n) is 4.88. The monoisotopic (exact) mass is 286 g/mol. The first-order valence-corrected chi connectivity index (χ1v) is 6.90. The van der Waals surface area contributed by atoms with Crippen molar-refractivity contribution in [3.8, 4) is 0 Å². The molecule has 0 aromatic heterocycles. The van der Waals surface area contributed by atoms with E-state index in [0.717, 1.165) is 17.5 Å². The highest BCUT2D eigenvalue weighted by Gasteiger charge is 2.43. The van der Waals surface area contributed by atoms with Gasteiger partial charge in [0.25, 0.3) is 0 Å². The quantitative estimate of drug-likeness (QED) is 0.891. The molecule has 20 heavy (non-hydrogen) atoms. The summed E-state index contributed by atoms with van der Waals surface area (Å²) in [4.78, 5) is 4.28. The summed E-state index contributed by atoms with van der Waals surface area (Å²) in [5.41, 5.74) is 7.75. The van der Waals surface area contributed by atoms with Gasteiger partial charge in [-0.25, -0.2) is 4.99 Å². The molecular weight excluding hydrogens is 272 g/mol. The van der Waals surface area contributed by atoms with Crippen molar-refractivity contribution in [2.45, 2.75) is 18.9 Å². The summed E-state index contributed by atoms with van der Waals surface area (Å²) in [6.45, 7) is 2.05. The molecule has 0 fully saturated rings. The highest BCUT2D eigenvalue weighted by Crippen LogP contribution is 2.43. The summed E-state index contributed by atoms with van der Waals surface area (Å²) in [7, 11) is 0. The van der Waals surface area contributed by atoms with Crippen LogP contribution in [0.5, 0.6) is 0 Å². The predicted octanol–water partition coefficient (Wildman–Crippen LogP) is 3.14. The molecule has 0 saturated heterocycles. The van der Waals surface area contributed by atoms with E-state index in [1.165, 1.54) is 0 Å². The van der Waals surface area contributed by atoms with Gasteiger partial charge in [0.2, 0.25) is 0 Å². The second-order valence-corrected chi connectivity index (χ2v) is 5.32. The standard InChI is InChI=1S/C16H15ClN2O/c1-2-10-5-3-4-6-12(10)16(20)13-9-11(17)7-8-14(13)19-15(16)18/h3-9,20H,2H2,1H3,(H2,18,19). The van der Waals surface area contributed by atoms with Gasteiger partial charge in [0.05, 0.1) is 5.69 Å². The third-order valence-electron chi connectivity index (χ3n) is 3.75. The largest absolute Gasteiger partial charge is 0.384 e. The SMILES string of the molecule is CCc1ccccc1C1(O)C(N)=Nc2ccc(Cl)cc21. The molecule has 3 rings (SSSR count). The number of fused-ring (bicyclic) bond motifs is 1. The Morgan fingerprint density at radius 1 is 1.20 bits per heavy atom. The van der Waals surface area contributed by atoms with E-state index >= 15 is 0 Å². The van der Waals surface area contributed by atoms with Crippen LogP contribution in [0.25, 0.3) is 0 Å². The number of amidine groups is 1. The summed E-state index contributed by atoms with van der Waals surface area (Å²) in [6.07, 6.45) is 0.807. The maximum absolute atomic E-state index is 11.2. The van der Waals surface area contributed by atoms with Crippen molar-refractivity contribution >= 4 is 23.1 Å². The fourth-order valence-corrected chi connectivity index (χ4v) is 2.88. The van der Waals surface area contributed by atoms with Gasteiger partial charge in [0, 0.05) is 10.6 Å². The van der Waals surface area contributed by atoms with Gasteiger partial charge >= 0.3 is 0 Å². The van der Waals surface area contributed by atoms with Crippen molar-refractivity contribution in [2.75, 3.05) is 0 Å². The molecule has 4 heteroatoms. The van der Waals surface area contributed by atoms with Gasteiger partial charge in [-0.15, -0.1) is 0 Å². The van der Waals surface area contributed by atoms with Gasteiger partial charge in [-0.3, -0.25) is 0 Å². The van der Waals surface area contributed by atoms with Crippen LogP contribution in [0.2, 0.25) is 5.02 Å². The summed E-state index contributed by atoms with van der Waals surface area (Å²) < 4.78 is 0. The molecule has 0 radical (unpaired) electrons. The van der Waals surface area contributed by atoms with Gasteiger partial charge in [-0.1, -0.05) is 42.8 Å². The van der Waals surface area contributed by atoms with Crippen LogP contribution in [-0.4, -0.2) is 10.9 Å². The minimum atomic E-state index is -1.40. The van der Waals surface area contributed by atoms with E-state index in [4.69, 9.17) is 17.3 Å². The molecule has 0 bridgehead atoms. The number of aliphatic hydroxyl groups is 1. The van der Waals surface area contributed by atoms with E-state index in [-0.39, 0.29) is 5.84 Å². The van der Waals surface area contributed by atoms with Crippen molar-refractivity contribution in [1.29, 1.82) is 0 Å². The van der Waals surface area contributed by atoms with Crippen LogP contribution in [0.15, 0.2) is 47.5 Å². The zero-order valence-electron chi connectivity index (χ0n) is 11.1. The Kier molecular flexibility index (Phi) is 3.04. The third-order valence-corrected chi connectivity index (χ3v) is 3.98. The topological polar surface area (TPSA) is 58.6 Å². The lowest BCUT2D eigenvalue weighted by Gasteiger charge is -2.27. The Bertz CT molecular complexity index is 711. The Hall–Kier alpha value is -1.84. The van der Waals surface area contributed by atoms with Crippen LogP contribution in [0.4, 0.5) is 5.69 Å². The predicted molar refractivity (Wildman–Crippen MR) is 81.6 cm³/mol. The fraction of sp³-hybridized carbons (Fsp3) is 0.188. The van der Waals surface area contributed by atoms with Crippen molar-refractivity contribution in [3.05, 3.63) is 64.2 Å². The Labute approximate surface area is 122 Å². The minimum absolute atomic E-state index is 0.190. The number of hydrogen-bond acceptors (Lipinski definition) is 3.